The van der Waals surface area contributed by atoms with E-state index in [0.717, 1.165) is 110 Å². The number of imidazole rings is 2. The summed E-state index contributed by atoms with van der Waals surface area (Å²) in [6, 6.07) is 51.5. The Morgan fingerprint density at radius 3 is 1.74 bits per heavy atom. The van der Waals surface area contributed by atoms with Crippen molar-refractivity contribution in [1.29, 1.82) is 10.5 Å². The molecule has 2 saturated heterocycles. The summed E-state index contributed by atoms with van der Waals surface area (Å²) in [5, 5.41) is 21.8. The molecule has 2 aliphatic heterocycles. The van der Waals surface area contributed by atoms with Crippen molar-refractivity contribution in [3.8, 4) is 80.3 Å². The predicted molar refractivity (Wildman–Crippen MR) is 302 cm³/mol. The van der Waals surface area contributed by atoms with E-state index in [0.29, 0.717) is 56.9 Å². The fourth-order valence-electron chi connectivity index (χ4n) is 10.9. The van der Waals surface area contributed by atoms with Crippen LogP contribution in [0.3, 0.4) is 0 Å². The molecule has 12 rings (SSSR count). The quantitative estimate of drug-likeness (QED) is 0.0769. The van der Waals surface area contributed by atoms with Crippen molar-refractivity contribution < 1.29 is 0 Å². The van der Waals surface area contributed by atoms with Crippen LogP contribution in [-0.2, 0) is 13.1 Å². The molecule has 1 unspecified atom stereocenters. The number of likely N-dealkylation sites (tertiary alicyclic amines) is 1. The highest BCUT2D eigenvalue weighted by Crippen LogP contribution is 2.36. The minimum absolute atomic E-state index is 0.161. The van der Waals surface area contributed by atoms with Crippen LogP contribution in [0.4, 0.5) is 11.6 Å². The van der Waals surface area contributed by atoms with E-state index >= 15 is 0 Å². The fourth-order valence-corrected chi connectivity index (χ4v) is 10.9. The van der Waals surface area contributed by atoms with E-state index in [9.17, 15) is 10.5 Å². The van der Waals surface area contributed by atoms with Crippen LogP contribution < -0.4 is 16.8 Å². The van der Waals surface area contributed by atoms with Crippen LogP contribution >= 0.6 is 0 Å². The van der Waals surface area contributed by atoms with Crippen LogP contribution in [0, 0.1) is 22.9 Å². The molecular formula is C61H56N16. The van der Waals surface area contributed by atoms with Gasteiger partial charge in [0.1, 0.15) is 22.7 Å². The summed E-state index contributed by atoms with van der Waals surface area (Å²) >= 11 is 0. The lowest BCUT2D eigenvalue weighted by molar-refractivity contribution is 0.121. The van der Waals surface area contributed by atoms with Crippen LogP contribution in [0.25, 0.3) is 90.3 Å². The minimum Gasteiger partial charge on any atom is -0.383 e. The number of benzene rings is 4. The van der Waals surface area contributed by atoms with E-state index in [4.69, 9.17) is 36.4 Å². The second kappa shape index (κ2) is 21.0. The lowest BCUT2D eigenvalue weighted by atomic mass is 10.0. The molecule has 0 saturated carbocycles. The number of aromatic nitrogens is 8. The molecule has 0 spiro atoms. The third-order valence-electron chi connectivity index (χ3n) is 14.8. The number of hydrogen-bond acceptors (Lipinski definition) is 14. The summed E-state index contributed by atoms with van der Waals surface area (Å²) in [6.07, 6.45) is 9.36. The van der Waals surface area contributed by atoms with E-state index in [1.165, 1.54) is 11.1 Å². The number of nitrogens with two attached hydrogens (primary N) is 2. The maximum Gasteiger partial charge on any atom is 0.179 e. The first-order chi connectivity index (χ1) is 37.8. The Morgan fingerprint density at radius 1 is 0.558 bits per heavy atom. The number of hydrogen-bond donors (Lipinski definition) is 3. The second-order valence-corrected chi connectivity index (χ2v) is 20.0. The number of piperazine rings is 1. The topological polar surface area (TPSA) is 209 Å². The maximum absolute atomic E-state index is 9.52. The van der Waals surface area contributed by atoms with Crippen LogP contribution in [0.5, 0.6) is 0 Å². The number of nitrogens with one attached hydrogen (secondary N) is 1. The summed E-state index contributed by atoms with van der Waals surface area (Å²) in [7, 11) is 0. The largest absolute Gasteiger partial charge is 0.383 e. The van der Waals surface area contributed by atoms with E-state index in [1.54, 1.807) is 6.20 Å². The molecule has 0 aliphatic carbocycles. The molecule has 4 aromatic carbocycles. The monoisotopic (exact) mass is 1010 g/mol. The van der Waals surface area contributed by atoms with Crippen molar-refractivity contribution in [2.24, 2.45) is 0 Å². The average molecular weight is 1010 g/mol. The Hall–Kier alpha value is -9.48. The highest BCUT2D eigenvalue weighted by Gasteiger charge is 2.25. The average Bonchev–Trinajstić information content (AvgIpc) is 4.06. The van der Waals surface area contributed by atoms with Crippen molar-refractivity contribution in [3.05, 3.63) is 169 Å². The van der Waals surface area contributed by atoms with Gasteiger partial charge in [-0.25, -0.2) is 29.9 Å². The van der Waals surface area contributed by atoms with Crippen molar-refractivity contribution in [1.82, 2.24) is 59.1 Å². The standard InChI is InChI=1S/C61H56N16/c1-40-34-74(31-32-75(40)39-63)36-42-17-21-48(22-18-42)77-59(72-54-27-25-51(69-60(54)77)43-9-3-2-4-10-43)50-23-24-52(68-57(50)65)44-11-7-12-45(33-44)53-26-28-55-61(70-53)76(58(71-55)49-14-8-29-66-56(49)64)47-19-15-41(16-20-47)35-73-30-6-5-13-46(37-73)67-38-62/h2-4,7-12,14-29,33,40,46,67H,5-6,13,30-32,34-37H2,1H3,(H2,64,66)(H2,65,68)/t40-,46?/m0/s1. The number of nitrogen functional groups attached to an aromatic ring is 2. The third kappa shape index (κ3) is 9.87. The molecule has 2 aliphatic rings. The Kier molecular flexibility index (Phi) is 13.2. The van der Waals surface area contributed by atoms with Crippen LogP contribution in [0.15, 0.2) is 158 Å². The van der Waals surface area contributed by atoms with E-state index in [2.05, 4.69) is 115 Å². The Balaban J connectivity index is 0.867. The summed E-state index contributed by atoms with van der Waals surface area (Å²) in [6.45, 7) is 7.88. The fraction of sp³-hybridized carbons (Fsp3) is 0.213. The molecule has 6 aromatic heterocycles. The van der Waals surface area contributed by atoms with Gasteiger partial charge in [0, 0.05) is 85.6 Å². The molecule has 5 N–H and O–H groups in total. The van der Waals surface area contributed by atoms with Crippen molar-refractivity contribution in [2.45, 2.75) is 51.4 Å². The predicted octanol–water partition coefficient (Wildman–Crippen LogP) is 9.86. The zero-order valence-electron chi connectivity index (χ0n) is 42.7. The first kappa shape index (κ1) is 48.5. The SMILES string of the molecule is C[C@H]1CN(Cc2ccc(-n3c(-c4ccc(-c5cccc(-c6ccc7nc(-c8cccnc8N)n(-c8ccc(CN9CCCCC(NC#N)C9)cc8)c7n6)c5)nc4N)nc4ccc(-c5ccccc5)nc43)cc2)CCN1C#N. The van der Waals surface area contributed by atoms with Crippen LogP contribution in [0.2, 0.25) is 0 Å². The Morgan fingerprint density at radius 2 is 1.14 bits per heavy atom. The molecule has 0 amide bonds. The summed E-state index contributed by atoms with van der Waals surface area (Å²) in [5.41, 5.74) is 26.9. The van der Waals surface area contributed by atoms with Gasteiger partial charge in [-0.15, -0.1) is 0 Å². The van der Waals surface area contributed by atoms with Crippen LogP contribution in [0.1, 0.15) is 37.3 Å². The normalized spacial score (nSPS) is 16.3. The zero-order valence-corrected chi connectivity index (χ0v) is 42.7. The second-order valence-electron chi connectivity index (χ2n) is 20.0. The van der Waals surface area contributed by atoms with Gasteiger partial charge >= 0.3 is 0 Å². The molecule has 10 aromatic rings. The number of pyridine rings is 4. The van der Waals surface area contributed by atoms with Gasteiger partial charge in [0.2, 0.25) is 0 Å². The number of fused-ring (bicyclic) bond motifs is 2. The Labute approximate surface area is 446 Å². The molecule has 2 atom stereocenters. The molecule has 0 bridgehead atoms. The van der Waals surface area contributed by atoms with E-state index in [-0.39, 0.29) is 12.1 Å². The zero-order chi connectivity index (χ0) is 52.4. The molecule has 380 valence electrons. The van der Waals surface area contributed by atoms with Gasteiger partial charge in [0.15, 0.2) is 35.3 Å². The van der Waals surface area contributed by atoms with Gasteiger partial charge in [-0.3, -0.25) is 18.9 Å². The van der Waals surface area contributed by atoms with Gasteiger partial charge in [0.25, 0.3) is 0 Å². The number of nitrogens with zero attached hydrogens (tertiary/aromatic N) is 13. The first-order valence-electron chi connectivity index (χ1n) is 26.1. The van der Waals surface area contributed by atoms with Crippen molar-refractivity contribution in [3.63, 3.8) is 0 Å². The number of anilines is 2. The molecule has 0 radical (unpaired) electrons. The molecule has 16 nitrogen and oxygen atoms in total. The Bertz CT molecular complexity index is 3850. The number of nitriles is 2. The van der Waals surface area contributed by atoms with Crippen molar-refractivity contribution >= 4 is 34.0 Å². The molecule has 2 fully saturated rings. The van der Waals surface area contributed by atoms with Crippen molar-refractivity contribution in [2.75, 3.05) is 44.2 Å². The highest BCUT2D eigenvalue weighted by molar-refractivity contribution is 5.87. The summed E-state index contributed by atoms with van der Waals surface area (Å²) < 4.78 is 4.13. The van der Waals surface area contributed by atoms with Gasteiger partial charge in [-0.2, -0.15) is 10.5 Å². The molecule has 16 heteroatoms. The summed E-state index contributed by atoms with van der Waals surface area (Å²) in [5.74, 6) is 1.99. The maximum atomic E-state index is 9.52. The van der Waals surface area contributed by atoms with Gasteiger partial charge in [-0.1, -0.05) is 79.2 Å². The molecule has 8 heterocycles. The smallest absolute Gasteiger partial charge is 0.179 e. The van der Waals surface area contributed by atoms with Gasteiger partial charge in [0.05, 0.1) is 28.2 Å². The lowest BCUT2D eigenvalue weighted by Crippen LogP contribution is -2.49. The van der Waals surface area contributed by atoms with Crippen LogP contribution in [-0.4, -0.2) is 98.5 Å². The van der Waals surface area contributed by atoms with Gasteiger partial charge < -0.3 is 21.7 Å². The van der Waals surface area contributed by atoms with E-state index < -0.39 is 0 Å². The summed E-state index contributed by atoms with van der Waals surface area (Å²) in [4.78, 5) is 36.9. The lowest BCUT2D eigenvalue weighted by Gasteiger charge is -2.36. The molecule has 77 heavy (non-hydrogen) atoms. The highest BCUT2D eigenvalue weighted by atomic mass is 15.3. The van der Waals surface area contributed by atoms with E-state index in [1.807, 2.05) is 89.8 Å². The molecular weight excluding hydrogens is 957 g/mol. The number of rotatable bonds is 12. The first-order valence-corrected chi connectivity index (χ1v) is 26.1. The minimum atomic E-state index is 0.161. The third-order valence-corrected chi connectivity index (χ3v) is 14.8. The van der Waals surface area contributed by atoms with Gasteiger partial charge in [-0.05, 0) is 116 Å².